The number of nitrogens with one attached hydrogen (secondary N) is 1. The van der Waals surface area contributed by atoms with Crippen molar-refractivity contribution in [3.8, 4) is 0 Å². The normalized spacial score (nSPS) is 12.1. The van der Waals surface area contributed by atoms with Crippen molar-refractivity contribution in [2.45, 2.75) is 32.7 Å². The van der Waals surface area contributed by atoms with E-state index >= 15 is 0 Å². The van der Waals surface area contributed by atoms with Crippen LogP contribution in [0.1, 0.15) is 32.3 Å². The lowest BCUT2D eigenvalue weighted by atomic mass is 10.1. The van der Waals surface area contributed by atoms with Crippen LogP contribution in [0.5, 0.6) is 0 Å². The van der Waals surface area contributed by atoms with Crippen LogP contribution in [0.15, 0.2) is 30.3 Å². The molecule has 1 rings (SSSR count). The average Bonchev–Trinajstić information content (AvgIpc) is 2.45. The average molecular weight is 290 g/mol. The second-order valence-corrected chi connectivity index (χ2v) is 4.77. The summed E-state index contributed by atoms with van der Waals surface area (Å²) in [5.74, 6) is -0.423. The second kappa shape index (κ2) is 8.92. The van der Waals surface area contributed by atoms with Crippen molar-refractivity contribution in [1.82, 2.24) is 0 Å². The van der Waals surface area contributed by atoms with Gasteiger partial charge in [0, 0.05) is 24.2 Å². The molecule has 3 N–H and O–H groups in total. The van der Waals surface area contributed by atoms with Gasteiger partial charge >= 0.3 is 5.97 Å². The molecule has 0 bridgehead atoms. The Kier molecular flexibility index (Phi) is 7.18. The lowest BCUT2D eigenvalue weighted by Gasteiger charge is -2.07. The number of benzene rings is 1. The third-order valence-corrected chi connectivity index (χ3v) is 2.72. The second-order valence-electron chi connectivity index (χ2n) is 4.77. The molecule has 1 atom stereocenters. The first-order valence-corrected chi connectivity index (χ1v) is 7.01. The molecule has 5 nitrogen and oxygen atoms in total. The molecule has 0 aliphatic heterocycles. The number of amides is 1. The van der Waals surface area contributed by atoms with Gasteiger partial charge in [0.1, 0.15) is 0 Å². The van der Waals surface area contributed by atoms with Crippen molar-refractivity contribution in [2.75, 3.05) is 11.9 Å². The van der Waals surface area contributed by atoms with E-state index in [2.05, 4.69) is 5.32 Å². The zero-order valence-corrected chi connectivity index (χ0v) is 12.5. The fourth-order valence-corrected chi connectivity index (χ4v) is 1.61. The Bertz CT molecular complexity index is 493. The summed E-state index contributed by atoms with van der Waals surface area (Å²) in [6.07, 6.45) is 4.10. The van der Waals surface area contributed by atoms with E-state index in [0.717, 1.165) is 11.3 Å². The third-order valence-electron chi connectivity index (χ3n) is 2.72. The number of esters is 1. The molecule has 0 spiro atoms. The molecule has 114 valence electrons. The van der Waals surface area contributed by atoms with E-state index in [9.17, 15) is 9.59 Å². The van der Waals surface area contributed by atoms with Gasteiger partial charge in [-0.3, -0.25) is 4.79 Å². The highest BCUT2D eigenvalue weighted by Crippen LogP contribution is 2.11. The van der Waals surface area contributed by atoms with Crippen LogP contribution in [-0.4, -0.2) is 24.5 Å². The van der Waals surface area contributed by atoms with E-state index in [4.69, 9.17) is 10.5 Å². The van der Waals surface area contributed by atoms with Crippen molar-refractivity contribution in [1.29, 1.82) is 0 Å². The number of carbonyl (C=O) groups is 2. The van der Waals surface area contributed by atoms with Crippen molar-refractivity contribution < 1.29 is 14.3 Å². The minimum absolute atomic E-state index is 0.0196. The Hall–Kier alpha value is -2.14. The van der Waals surface area contributed by atoms with Gasteiger partial charge in [0.25, 0.3) is 0 Å². The Morgan fingerprint density at radius 2 is 2.00 bits per heavy atom. The zero-order chi connectivity index (χ0) is 15.7. The van der Waals surface area contributed by atoms with Gasteiger partial charge in [-0.1, -0.05) is 12.1 Å². The predicted octanol–water partition coefficient (Wildman–Crippen LogP) is 2.33. The number of hydrogen-bond donors (Lipinski definition) is 2. The quantitative estimate of drug-likeness (QED) is 0.596. The van der Waals surface area contributed by atoms with E-state index in [-0.39, 0.29) is 17.9 Å². The monoisotopic (exact) mass is 290 g/mol. The minimum atomic E-state index is -0.370. The lowest BCUT2D eigenvalue weighted by molar-refractivity contribution is -0.137. The largest absolute Gasteiger partial charge is 0.463 e. The Morgan fingerprint density at radius 3 is 2.57 bits per heavy atom. The first-order valence-electron chi connectivity index (χ1n) is 7.01. The van der Waals surface area contributed by atoms with Crippen LogP contribution in [0.2, 0.25) is 0 Å². The van der Waals surface area contributed by atoms with Crippen LogP contribution in [0.25, 0.3) is 6.08 Å². The number of anilines is 1. The molecule has 0 aromatic heterocycles. The summed E-state index contributed by atoms with van der Waals surface area (Å²) in [5, 5.41) is 2.80. The van der Waals surface area contributed by atoms with E-state index < -0.39 is 0 Å². The maximum absolute atomic E-state index is 11.6. The molecule has 0 radical (unpaired) electrons. The van der Waals surface area contributed by atoms with Crippen LogP contribution in [-0.2, 0) is 14.3 Å². The number of hydrogen-bond acceptors (Lipinski definition) is 4. The molecule has 1 amide bonds. The molecule has 0 heterocycles. The van der Waals surface area contributed by atoms with Gasteiger partial charge in [-0.25, -0.2) is 4.79 Å². The molecule has 0 aliphatic carbocycles. The number of carbonyl (C=O) groups excluding carboxylic acids is 2. The molecular weight excluding hydrogens is 268 g/mol. The smallest absolute Gasteiger partial charge is 0.330 e. The van der Waals surface area contributed by atoms with Gasteiger partial charge < -0.3 is 15.8 Å². The minimum Gasteiger partial charge on any atom is -0.463 e. The van der Waals surface area contributed by atoms with Crippen LogP contribution in [0, 0.1) is 0 Å². The topological polar surface area (TPSA) is 81.4 Å². The molecule has 0 fully saturated rings. The Morgan fingerprint density at radius 1 is 1.33 bits per heavy atom. The van der Waals surface area contributed by atoms with Crippen molar-refractivity contribution in [2.24, 2.45) is 5.73 Å². The lowest BCUT2D eigenvalue weighted by Crippen LogP contribution is -2.19. The first-order chi connectivity index (χ1) is 10.0. The maximum Gasteiger partial charge on any atom is 0.330 e. The summed E-state index contributed by atoms with van der Waals surface area (Å²) in [5.41, 5.74) is 7.19. The number of ether oxygens (including phenoxy) is 1. The Labute approximate surface area is 125 Å². The summed E-state index contributed by atoms with van der Waals surface area (Å²) >= 11 is 0. The van der Waals surface area contributed by atoms with Gasteiger partial charge in [-0.15, -0.1) is 0 Å². The molecule has 21 heavy (non-hydrogen) atoms. The summed E-state index contributed by atoms with van der Waals surface area (Å²) in [7, 11) is 0. The third kappa shape index (κ3) is 7.27. The van der Waals surface area contributed by atoms with Gasteiger partial charge in [0.05, 0.1) is 6.61 Å². The van der Waals surface area contributed by atoms with Crippen molar-refractivity contribution >= 4 is 23.6 Å². The summed E-state index contributed by atoms with van der Waals surface area (Å²) in [6.45, 7) is 3.99. The predicted molar refractivity (Wildman–Crippen MR) is 83.6 cm³/mol. The molecule has 5 heteroatoms. The van der Waals surface area contributed by atoms with Gasteiger partial charge in [0.15, 0.2) is 0 Å². The molecule has 1 aromatic rings. The first kappa shape index (κ1) is 16.9. The molecule has 0 saturated heterocycles. The number of nitrogens with two attached hydrogens (primary N) is 1. The highest BCUT2D eigenvalue weighted by atomic mass is 16.5. The molecule has 0 aliphatic rings. The van der Waals surface area contributed by atoms with Crippen LogP contribution < -0.4 is 11.1 Å². The highest BCUT2D eigenvalue weighted by Gasteiger charge is 2.04. The maximum atomic E-state index is 11.6. The van der Waals surface area contributed by atoms with Crippen LogP contribution in [0.4, 0.5) is 5.69 Å². The van der Waals surface area contributed by atoms with E-state index in [1.807, 2.05) is 19.1 Å². The summed E-state index contributed by atoms with van der Waals surface area (Å²) in [6, 6.07) is 7.22. The number of rotatable bonds is 7. The highest BCUT2D eigenvalue weighted by molar-refractivity contribution is 5.91. The van der Waals surface area contributed by atoms with Crippen LogP contribution >= 0.6 is 0 Å². The van der Waals surface area contributed by atoms with E-state index in [0.29, 0.717) is 19.4 Å². The van der Waals surface area contributed by atoms with Gasteiger partial charge in [0.2, 0.25) is 5.91 Å². The van der Waals surface area contributed by atoms with E-state index in [1.54, 1.807) is 25.1 Å². The summed E-state index contributed by atoms with van der Waals surface area (Å²) < 4.78 is 4.79. The molecule has 1 aromatic carbocycles. The van der Waals surface area contributed by atoms with Crippen molar-refractivity contribution in [3.63, 3.8) is 0 Å². The molecule has 0 saturated carbocycles. The van der Waals surface area contributed by atoms with E-state index in [1.165, 1.54) is 6.08 Å². The van der Waals surface area contributed by atoms with Crippen LogP contribution in [0.3, 0.4) is 0 Å². The fraction of sp³-hybridized carbons (Fsp3) is 0.375. The van der Waals surface area contributed by atoms with Gasteiger partial charge in [-0.05, 0) is 44.0 Å². The standard InChI is InChI=1S/C16H22N2O3/c1-3-21-16(20)11-7-13-5-8-14(9-6-13)18-15(19)10-4-12(2)17/h5-9,11-12H,3-4,10,17H2,1-2H3,(H,18,19). The Balaban J connectivity index is 2.50. The fourth-order valence-electron chi connectivity index (χ4n) is 1.61. The van der Waals surface area contributed by atoms with Gasteiger partial charge in [-0.2, -0.15) is 0 Å². The van der Waals surface area contributed by atoms with Crippen molar-refractivity contribution in [3.05, 3.63) is 35.9 Å². The molecule has 1 unspecified atom stereocenters. The molecular formula is C16H22N2O3. The SMILES string of the molecule is CCOC(=O)C=Cc1ccc(NC(=O)CCC(C)N)cc1. The zero-order valence-electron chi connectivity index (χ0n) is 12.5. The summed E-state index contributed by atoms with van der Waals surface area (Å²) in [4.78, 5) is 22.8.